The lowest BCUT2D eigenvalue weighted by Gasteiger charge is -1.99. The molecule has 0 fully saturated rings. The maximum absolute atomic E-state index is 11.2. The van der Waals surface area contributed by atoms with Crippen LogP contribution in [0.4, 0.5) is 5.69 Å². The van der Waals surface area contributed by atoms with Gasteiger partial charge in [0.05, 0.1) is 33.8 Å². The summed E-state index contributed by atoms with van der Waals surface area (Å²) in [5.74, 6) is 0.374. The number of nitrogens with zero attached hydrogens (tertiary/aromatic N) is 4. The van der Waals surface area contributed by atoms with Crippen molar-refractivity contribution < 1.29 is 9.45 Å². The van der Waals surface area contributed by atoms with Crippen molar-refractivity contribution in [2.75, 3.05) is 0 Å². The molecular weight excluding hydrogens is 308 g/mol. The van der Waals surface area contributed by atoms with Crippen LogP contribution in [0.5, 0.6) is 0 Å². The van der Waals surface area contributed by atoms with Crippen molar-refractivity contribution in [1.29, 1.82) is 10.5 Å². The highest BCUT2D eigenvalue weighted by Crippen LogP contribution is 2.32. The largest absolute Gasteiger partial charge is 0.356 e. The SMILES string of the molecule is N#Cc1cccc(-c2cc(-c3cc(C#N)ccc3[N+](=O)[O-])no2)c1. The molecule has 1 heterocycles. The van der Waals surface area contributed by atoms with Crippen LogP contribution in [0, 0.1) is 32.8 Å². The Morgan fingerprint density at radius 2 is 1.79 bits per heavy atom. The van der Waals surface area contributed by atoms with E-state index in [9.17, 15) is 10.1 Å². The number of aromatic nitrogens is 1. The fourth-order valence-electron chi connectivity index (χ4n) is 2.25. The van der Waals surface area contributed by atoms with Gasteiger partial charge in [-0.05, 0) is 24.3 Å². The summed E-state index contributed by atoms with van der Waals surface area (Å²) in [6.07, 6.45) is 0. The minimum absolute atomic E-state index is 0.167. The van der Waals surface area contributed by atoms with E-state index in [1.807, 2.05) is 12.1 Å². The molecule has 0 saturated heterocycles. The zero-order valence-corrected chi connectivity index (χ0v) is 12.1. The van der Waals surface area contributed by atoms with E-state index in [2.05, 4.69) is 5.16 Å². The molecule has 0 radical (unpaired) electrons. The summed E-state index contributed by atoms with van der Waals surface area (Å²) in [5.41, 5.74) is 1.66. The number of benzene rings is 2. The maximum atomic E-state index is 11.2. The van der Waals surface area contributed by atoms with Crippen molar-refractivity contribution >= 4 is 5.69 Å². The van der Waals surface area contributed by atoms with Crippen molar-refractivity contribution in [3.63, 3.8) is 0 Å². The molecule has 3 aromatic rings. The van der Waals surface area contributed by atoms with Crippen molar-refractivity contribution in [2.24, 2.45) is 0 Å². The Kier molecular flexibility index (Phi) is 3.76. The van der Waals surface area contributed by atoms with Crippen molar-refractivity contribution in [1.82, 2.24) is 5.16 Å². The first kappa shape index (κ1) is 14.9. The van der Waals surface area contributed by atoms with Crippen LogP contribution in [-0.4, -0.2) is 10.1 Å². The lowest BCUT2D eigenvalue weighted by atomic mass is 10.0. The van der Waals surface area contributed by atoms with Gasteiger partial charge >= 0.3 is 0 Å². The predicted octanol–water partition coefficient (Wildman–Crippen LogP) is 3.66. The van der Waals surface area contributed by atoms with E-state index in [0.717, 1.165) is 0 Å². The predicted molar refractivity (Wildman–Crippen MR) is 83.5 cm³/mol. The molecule has 0 unspecified atom stereocenters. The summed E-state index contributed by atoms with van der Waals surface area (Å²) in [4.78, 5) is 10.6. The zero-order valence-electron chi connectivity index (χ0n) is 12.1. The van der Waals surface area contributed by atoms with Gasteiger partial charge < -0.3 is 4.52 Å². The summed E-state index contributed by atoms with van der Waals surface area (Å²) in [7, 11) is 0. The minimum Gasteiger partial charge on any atom is -0.356 e. The van der Waals surface area contributed by atoms with Crippen molar-refractivity contribution in [2.45, 2.75) is 0 Å². The van der Waals surface area contributed by atoms with Gasteiger partial charge in [0.25, 0.3) is 5.69 Å². The fourth-order valence-corrected chi connectivity index (χ4v) is 2.25. The molecule has 7 nitrogen and oxygen atoms in total. The van der Waals surface area contributed by atoms with Crippen LogP contribution in [0.15, 0.2) is 53.1 Å². The third-order valence-electron chi connectivity index (χ3n) is 3.38. The molecule has 2 aromatic carbocycles. The molecule has 0 aliphatic carbocycles. The van der Waals surface area contributed by atoms with Gasteiger partial charge in [-0.1, -0.05) is 17.3 Å². The average molecular weight is 316 g/mol. The Morgan fingerprint density at radius 1 is 1.04 bits per heavy atom. The van der Waals surface area contributed by atoms with Gasteiger partial charge in [-0.2, -0.15) is 10.5 Å². The van der Waals surface area contributed by atoms with E-state index in [1.54, 1.807) is 30.3 Å². The highest BCUT2D eigenvalue weighted by Gasteiger charge is 2.20. The maximum Gasteiger partial charge on any atom is 0.278 e. The molecule has 0 spiro atoms. The van der Waals surface area contributed by atoms with Crippen LogP contribution < -0.4 is 0 Å². The highest BCUT2D eigenvalue weighted by molar-refractivity contribution is 5.75. The third-order valence-corrected chi connectivity index (χ3v) is 3.38. The van der Waals surface area contributed by atoms with Gasteiger partial charge in [-0.3, -0.25) is 10.1 Å². The molecule has 24 heavy (non-hydrogen) atoms. The van der Waals surface area contributed by atoms with Crippen molar-refractivity contribution in [3.05, 3.63) is 69.8 Å². The van der Waals surface area contributed by atoms with Gasteiger partial charge in [0.2, 0.25) is 0 Å². The summed E-state index contributed by atoms with van der Waals surface area (Å²) >= 11 is 0. The zero-order chi connectivity index (χ0) is 17.1. The number of nitro benzene ring substituents is 1. The van der Waals surface area contributed by atoms with E-state index in [-0.39, 0.29) is 22.5 Å². The molecule has 1 aromatic heterocycles. The Balaban J connectivity index is 2.10. The Hall–Kier alpha value is -3.97. The minimum atomic E-state index is -0.541. The van der Waals surface area contributed by atoms with Gasteiger partial charge in [0.1, 0.15) is 5.69 Å². The number of nitriles is 2. The van der Waals surface area contributed by atoms with Crippen LogP contribution >= 0.6 is 0 Å². The average Bonchev–Trinajstić information content (AvgIpc) is 3.11. The van der Waals surface area contributed by atoms with Crippen molar-refractivity contribution in [3.8, 4) is 34.7 Å². The van der Waals surface area contributed by atoms with Gasteiger partial charge in [0, 0.05) is 17.7 Å². The van der Waals surface area contributed by atoms with E-state index in [4.69, 9.17) is 15.0 Å². The van der Waals surface area contributed by atoms with Gasteiger partial charge in [-0.25, -0.2) is 0 Å². The van der Waals surface area contributed by atoms with E-state index >= 15 is 0 Å². The highest BCUT2D eigenvalue weighted by atomic mass is 16.6. The number of hydrogen-bond donors (Lipinski definition) is 0. The number of hydrogen-bond acceptors (Lipinski definition) is 6. The first-order chi connectivity index (χ1) is 11.6. The van der Waals surface area contributed by atoms with Gasteiger partial charge in [-0.15, -0.1) is 0 Å². The molecular formula is C17H8N4O3. The lowest BCUT2D eigenvalue weighted by molar-refractivity contribution is -0.384. The van der Waals surface area contributed by atoms with Crippen LogP contribution in [0.1, 0.15) is 11.1 Å². The normalized spacial score (nSPS) is 9.92. The second-order valence-corrected chi connectivity index (χ2v) is 4.87. The van der Waals surface area contributed by atoms with Crippen LogP contribution in [0.3, 0.4) is 0 Å². The lowest BCUT2D eigenvalue weighted by Crippen LogP contribution is -1.93. The first-order valence-corrected chi connectivity index (χ1v) is 6.78. The molecule has 0 amide bonds. The molecule has 0 bridgehead atoms. The van der Waals surface area contributed by atoms with E-state index < -0.39 is 4.92 Å². The monoisotopic (exact) mass is 316 g/mol. The third kappa shape index (κ3) is 2.70. The Morgan fingerprint density at radius 3 is 2.50 bits per heavy atom. The topological polar surface area (TPSA) is 117 Å². The molecule has 0 saturated carbocycles. The number of nitro groups is 1. The fraction of sp³-hybridized carbons (Fsp3) is 0. The molecule has 3 rings (SSSR count). The Bertz CT molecular complexity index is 1020. The molecule has 0 aliphatic heterocycles. The van der Waals surface area contributed by atoms with Crippen LogP contribution in [0.2, 0.25) is 0 Å². The molecule has 7 heteroatoms. The molecule has 114 valence electrons. The van der Waals surface area contributed by atoms with E-state index in [1.165, 1.54) is 18.2 Å². The van der Waals surface area contributed by atoms with Crippen LogP contribution in [-0.2, 0) is 0 Å². The summed E-state index contributed by atoms with van der Waals surface area (Å²) in [5, 5.41) is 33.0. The summed E-state index contributed by atoms with van der Waals surface area (Å²) < 4.78 is 5.25. The standard InChI is InChI=1S/C17H8N4O3/c18-9-11-2-1-3-13(6-11)17-8-15(20-24-17)14-7-12(10-19)4-5-16(14)21(22)23/h1-8H. The quantitative estimate of drug-likeness (QED) is 0.537. The molecule has 0 N–H and O–H groups in total. The van der Waals surface area contributed by atoms with Crippen LogP contribution in [0.25, 0.3) is 22.6 Å². The first-order valence-electron chi connectivity index (χ1n) is 6.78. The number of rotatable bonds is 3. The van der Waals surface area contributed by atoms with E-state index in [0.29, 0.717) is 16.9 Å². The second kappa shape index (κ2) is 6.03. The molecule has 0 aliphatic rings. The molecule has 0 atom stereocenters. The summed E-state index contributed by atoms with van der Waals surface area (Å²) in [6.45, 7) is 0. The smallest absolute Gasteiger partial charge is 0.278 e. The summed E-state index contributed by atoms with van der Waals surface area (Å²) in [6, 6.07) is 16.3. The second-order valence-electron chi connectivity index (χ2n) is 4.87. The Labute approximate surface area is 136 Å². The van der Waals surface area contributed by atoms with Gasteiger partial charge in [0.15, 0.2) is 5.76 Å².